The highest BCUT2D eigenvalue weighted by Crippen LogP contribution is 2.32. The molecule has 2 N–H and O–H groups in total. The summed E-state index contributed by atoms with van der Waals surface area (Å²) in [5.74, 6) is 0.967. The normalized spacial score (nSPS) is 14.0. The molecule has 0 unspecified atom stereocenters. The van der Waals surface area contributed by atoms with Crippen LogP contribution in [-0.4, -0.2) is 92.4 Å². The van der Waals surface area contributed by atoms with E-state index >= 15 is 0 Å². The highest BCUT2D eigenvalue weighted by Gasteiger charge is 2.25. The van der Waals surface area contributed by atoms with E-state index in [0.29, 0.717) is 72.0 Å². The molecule has 2 aliphatic heterocycles. The first-order valence-electron chi connectivity index (χ1n) is 16.5. The Kier molecular flexibility index (Phi) is 10.4. The van der Waals surface area contributed by atoms with Crippen molar-refractivity contribution in [3.05, 3.63) is 73.3 Å². The number of hydrogen-bond donors (Lipinski definition) is 2. The lowest BCUT2D eigenvalue weighted by molar-refractivity contribution is -0.141. The summed E-state index contributed by atoms with van der Waals surface area (Å²) in [6, 6.07) is 14.9. The first-order valence-corrected chi connectivity index (χ1v) is 16.5. The molecule has 0 saturated heterocycles. The molecular weight excluding hydrogens is 640 g/mol. The number of benzene rings is 2. The minimum Gasteiger partial charge on any atom is -0.370 e. The number of anilines is 2. The molecule has 260 valence electrons. The second kappa shape index (κ2) is 15.4. The van der Waals surface area contributed by atoms with Crippen molar-refractivity contribution in [3.8, 4) is 22.8 Å². The lowest BCUT2D eigenvalue weighted by Crippen LogP contribution is -2.37. The number of carbonyl (C=O) groups is 2. The summed E-state index contributed by atoms with van der Waals surface area (Å²) in [6.45, 7) is 10.9. The van der Waals surface area contributed by atoms with Gasteiger partial charge in [0.2, 0.25) is 0 Å². The van der Waals surface area contributed by atoms with Crippen LogP contribution in [0.2, 0.25) is 0 Å². The van der Waals surface area contributed by atoms with E-state index < -0.39 is 11.9 Å². The summed E-state index contributed by atoms with van der Waals surface area (Å²) in [4.78, 5) is 56.3. The number of aliphatic imine (C=N–C) groups is 2. The van der Waals surface area contributed by atoms with Crippen LogP contribution in [0.15, 0.2) is 83.3 Å². The molecule has 0 amide bonds. The van der Waals surface area contributed by atoms with E-state index in [-0.39, 0.29) is 25.2 Å². The monoisotopic (exact) mass is 680 g/mol. The molecule has 2 aliphatic rings. The summed E-state index contributed by atoms with van der Waals surface area (Å²) >= 11 is 0. The van der Waals surface area contributed by atoms with Crippen LogP contribution in [0.1, 0.15) is 39.8 Å². The van der Waals surface area contributed by atoms with Gasteiger partial charge in [0, 0.05) is 48.5 Å². The maximum atomic E-state index is 13.3. The molecule has 6 rings (SSSR count). The zero-order chi connectivity index (χ0) is 35.0. The molecule has 4 heterocycles. The lowest BCUT2D eigenvalue weighted by Gasteiger charge is -2.25. The van der Waals surface area contributed by atoms with Gasteiger partial charge >= 0.3 is 11.9 Å². The Hall–Kier alpha value is -6.06. The Morgan fingerprint density at radius 3 is 1.52 bits per heavy atom. The van der Waals surface area contributed by atoms with Gasteiger partial charge in [0.05, 0.1) is 24.5 Å². The Bertz CT molecular complexity index is 1770. The first-order chi connectivity index (χ1) is 24.3. The van der Waals surface area contributed by atoms with Crippen LogP contribution in [0.3, 0.4) is 0 Å². The predicted octanol–water partition coefficient (Wildman–Crippen LogP) is 3.15. The van der Waals surface area contributed by atoms with Gasteiger partial charge < -0.3 is 20.3 Å². The number of nitrogens with zero attached hydrogens (tertiary/aromatic N) is 10. The van der Waals surface area contributed by atoms with Gasteiger partial charge in [-0.2, -0.15) is 20.3 Å². The highest BCUT2D eigenvalue weighted by molar-refractivity contribution is 5.95. The van der Waals surface area contributed by atoms with Crippen molar-refractivity contribution in [2.75, 3.05) is 49.4 Å². The molecule has 16 heteroatoms. The smallest absolute Gasteiger partial charge is 0.356 e. The average Bonchev–Trinajstić information content (AvgIpc) is 3.95. The molecule has 0 spiro atoms. The standard InChI is InChI=1S/C34H40N12O4/c1-23(2)45-33(39-21-41-45)25-9-5-7-11-27(25)43(19-29-35-15-16-36-29)49-31(47)13-14-32(48)50-44(20-30-37-17-18-38-30)28-12-8-6-10-26(28)34-40-22-42-46(34)24(3)4/h5-14,21-24H,15-20H2,1-4H3,(H,35,36)(H,37,38)/b14-13+. The van der Waals surface area contributed by atoms with Crippen molar-refractivity contribution in [1.29, 1.82) is 0 Å². The fourth-order valence-corrected chi connectivity index (χ4v) is 5.53. The zero-order valence-electron chi connectivity index (χ0n) is 28.4. The highest BCUT2D eigenvalue weighted by atomic mass is 16.7. The summed E-state index contributed by atoms with van der Waals surface area (Å²) in [6.07, 6.45) is 5.05. The number of hydrogen-bond acceptors (Lipinski definition) is 14. The van der Waals surface area contributed by atoms with Crippen LogP contribution in [0, 0.1) is 0 Å². The van der Waals surface area contributed by atoms with Crippen molar-refractivity contribution < 1.29 is 19.3 Å². The van der Waals surface area contributed by atoms with Gasteiger partial charge in [-0.15, -0.1) is 0 Å². The van der Waals surface area contributed by atoms with Gasteiger partial charge in [-0.1, -0.05) is 24.3 Å². The maximum absolute atomic E-state index is 13.3. The second-order valence-electron chi connectivity index (χ2n) is 12.0. The Morgan fingerprint density at radius 2 is 1.14 bits per heavy atom. The van der Waals surface area contributed by atoms with Crippen LogP contribution < -0.4 is 20.8 Å². The fourth-order valence-electron chi connectivity index (χ4n) is 5.53. The first kappa shape index (κ1) is 33.8. The van der Waals surface area contributed by atoms with Gasteiger partial charge in [0.25, 0.3) is 0 Å². The number of hydroxylamine groups is 2. The number of rotatable bonds is 14. The lowest BCUT2D eigenvalue weighted by atomic mass is 10.1. The third-order valence-electron chi connectivity index (χ3n) is 7.78. The third-order valence-corrected chi connectivity index (χ3v) is 7.78. The molecule has 0 fully saturated rings. The van der Waals surface area contributed by atoms with Crippen LogP contribution in [0.4, 0.5) is 11.4 Å². The van der Waals surface area contributed by atoms with E-state index in [2.05, 4.69) is 40.8 Å². The van der Waals surface area contributed by atoms with Gasteiger partial charge in [-0.05, 0) is 52.0 Å². The molecule has 0 atom stereocenters. The van der Waals surface area contributed by atoms with E-state index in [0.717, 1.165) is 12.2 Å². The number of nitrogens with one attached hydrogen (secondary N) is 2. The van der Waals surface area contributed by atoms with Crippen molar-refractivity contribution in [2.45, 2.75) is 39.8 Å². The van der Waals surface area contributed by atoms with E-state index in [1.54, 1.807) is 9.36 Å². The topological polar surface area (TPSA) is 169 Å². The van der Waals surface area contributed by atoms with E-state index in [4.69, 9.17) is 9.68 Å². The largest absolute Gasteiger partial charge is 0.370 e. The molecule has 0 saturated carbocycles. The van der Waals surface area contributed by atoms with Crippen molar-refractivity contribution >= 4 is 35.0 Å². The second-order valence-corrected chi connectivity index (χ2v) is 12.0. The van der Waals surface area contributed by atoms with Crippen LogP contribution in [0.5, 0.6) is 0 Å². The summed E-state index contributed by atoms with van der Waals surface area (Å²) < 4.78 is 3.59. The maximum Gasteiger partial charge on any atom is 0.356 e. The number of aromatic nitrogens is 6. The van der Waals surface area contributed by atoms with Gasteiger partial charge in [-0.3, -0.25) is 9.98 Å². The summed E-state index contributed by atoms with van der Waals surface area (Å²) in [5, 5.41) is 18.0. The van der Waals surface area contributed by atoms with Crippen LogP contribution in [-0.2, 0) is 19.3 Å². The number of amidine groups is 2. The van der Waals surface area contributed by atoms with Crippen molar-refractivity contribution in [1.82, 2.24) is 40.2 Å². The average molecular weight is 681 g/mol. The Labute approximate surface area is 289 Å². The Morgan fingerprint density at radius 1 is 0.720 bits per heavy atom. The summed E-state index contributed by atoms with van der Waals surface area (Å²) in [7, 11) is 0. The van der Waals surface area contributed by atoms with Crippen molar-refractivity contribution in [2.24, 2.45) is 9.98 Å². The quantitative estimate of drug-likeness (QED) is 0.148. The summed E-state index contributed by atoms with van der Waals surface area (Å²) in [5.41, 5.74) is 2.56. The van der Waals surface area contributed by atoms with Gasteiger partial charge in [-0.25, -0.2) is 28.9 Å². The minimum absolute atomic E-state index is 0.0445. The zero-order valence-corrected chi connectivity index (χ0v) is 28.4. The SMILES string of the molecule is CC(C)n1ncnc1-c1ccccc1N(CC1=NCCN1)OC(=O)/C=C/C(=O)ON(CC1=NCCN1)c1ccccc1-c1ncnn1C(C)C. The molecule has 16 nitrogen and oxygen atoms in total. The number of para-hydroxylation sites is 2. The molecule has 50 heavy (non-hydrogen) atoms. The van der Waals surface area contributed by atoms with E-state index in [1.165, 1.54) is 22.8 Å². The number of carbonyl (C=O) groups excluding carboxylic acids is 2. The molecule has 0 aliphatic carbocycles. The molecule has 0 radical (unpaired) electrons. The molecule has 0 bridgehead atoms. The van der Waals surface area contributed by atoms with Crippen LogP contribution >= 0.6 is 0 Å². The molecular formula is C34H40N12O4. The third kappa shape index (κ3) is 7.80. The predicted molar refractivity (Wildman–Crippen MR) is 188 cm³/mol. The van der Waals surface area contributed by atoms with Crippen molar-refractivity contribution in [3.63, 3.8) is 0 Å². The molecule has 2 aromatic carbocycles. The minimum atomic E-state index is -0.792. The van der Waals surface area contributed by atoms with Gasteiger partial charge in [0.1, 0.15) is 37.4 Å². The van der Waals surface area contributed by atoms with E-state index in [9.17, 15) is 9.59 Å². The Balaban J connectivity index is 1.23. The van der Waals surface area contributed by atoms with E-state index in [1.807, 2.05) is 76.2 Å². The molecule has 2 aromatic heterocycles. The van der Waals surface area contributed by atoms with Crippen LogP contribution in [0.25, 0.3) is 22.8 Å². The molecule has 4 aromatic rings. The fraction of sp³-hybridized carbons (Fsp3) is 0.353. The van der Waals surface area contributed by atoms with Gasteiger partial charge in [0.15, 0.2) is 11.6 Å².